The number of amides is 1. The number of carbonyl (C=O) groups is 2. The molecule has 0 bridgehead atoms. The van der Waals surface area contributed by atoms with Crippen molar-refractivity contribution in [2.75, 3.05) is 12.0 Å². The Morgan fingerprint density at radius 3 is 2.54 bits per heavy atom. The second-order valence-electron chi connectivity index (χ2n) is 5.52. The number of hydrogen-bond donors (Lipinski definition) is 1. The number of carbonyl (C=O) groups excluding carboxylic acids is 2. The lowest BCUT2D eigenvalue weighted by molar-refractivity contribution is -0.147. The molecule has 0 fully saturated rings. The van der Waals surface area contributed by atoms with Crippen LogP contribution in [0.2, 0.25) is 5.02 Å². The molecule has 2 rings (SSSR count). The maximum absolute atomic E-state index is 12.5. The van der Waals surface area contributed by atoms with E-state index in [2.05, 4.69) is 21.2 Å². The second kappa shape index (κ2) is 10.6. The fraction of sp³-hybridized carbons (Fsp3) is 0.263. The first-order valence-electron chi connectivity index (χ1n) is 7.96. The number of benzene rings is 2. The summed E-state index contributed by atoms with van der Waals surface area (Å²) >= 11 is 11.0. The summed E-state index contributed by atoms with van der Waals surface area (Å²) in [6.07, 6.45) is 2.43. The molecule has 0 aliphatic rings. The molecule has 0 saturated heterocycles. The Labute approximate surface area is 170 Å². The summed E-state index contributed by atoms with van der Waals surface area (Å²) in [6.45, 7) is 0.157. The highest BCUT2D eigenvalue weighted by Crippen LogP contribution is 2.16. The summed E-state index contributed by atoms with van der Waals surface area (Å²) in [7, 11) is 0. The van der Waals surface area contributed by atoms with Gasteiger partial charge in [0.2, 0.25) is 0 Å². The van der Waals surface area contributed by atoms with E-state index in [-0.39, 0.29) is 12.5 Å². The standard InChI is InChI=1S/C19H19BrClNO3S/c1-26-11-10-17(22-18(23)15-4-2-3-5-16(15)21)19(24)25-12-13-6-8-14(20)9-7-13/h2-9,17H,10-12H2,1H3,(H,22,23). The zero-order valence-corrected chi connectivity index (χ0v) is 17.4. The van der Waals surface area contributed by atoms with Gasteiger partial charge < -0.3 is 10.1 Å². The number of ether oxygens (including phenoxy) is 1. The number of hydrogen-bond acceptors (Lipinski definition) is 4. The number of halogens is 2. The second-order valence-corrected chi connectivity index (χ2v) is 7.83. The predicted molar refractivity (Wildman–Crippen MR) is 110 cm³/mol. The molecule has 1 atom stereocenters. The summed E-state index contributed by atoms with van der Waals surface area (Å²) in [5.74, 6) is -0.120. The predicted octanol–water partition coefficient (Wildman–Crippen LogP) is 4.70. The molecule has 2 aromatic rings. The van der Waals surface area contributed by atoms with Crippen LogP contribution in [0, 0.1) is 0 Å². The summed E-state index contributed by atoms with van der Waals surface area (Å²) < 4.78 is 6.34. The van der Waals surface area contributed by atoms with Gasteiger partial charge in [0.05, 0.1) is 10.6 Å². The molecule has 0 aromatic heterocycles. The molecule has 138 valence electrons. The summed E-state index contributed by atoms with van der Waals surface area (Å²) in [5, 5.41) is 3.08. The van der Waals surface area contributed by atoms with Crippen LogP contribution >= 0.6 is 39.3 Å². The van der Waals surface area contributed by atoms with E-state index in [1.54, 1.807) is 36.0 Å². The number of thioether (sulfide) groups is 1. The number of esters is 1. The van der Waals surface area contributed by atoms with E-state index >= 15 is 0 Å². The van der Waals surface area contributed by atoms with Crippen molar-refractivity contribution in [3.63, 3.8) is 0 Å². The van der Waals surface area contributed by atoms with Gasteiger partial charge in [0.15, 0.2) is 0 Å². The smallest absolute Gasteiger partial charge is 0.329 e. The third kappa shape index (κ3) is 6.34. The molecule has 4 nitrogen and oxygen atoms in total. The normalized spacial score (nSPS) is 11.7. The largest absolute Gasteiger partial charge is 0.459 e. The van der Waals surface area contributed by atoms with Crippen molar-refractivity contribution < 1.29 is 14.3 Å². The molecule has 0 aliphatic carbocycles. The van der Waals surface area contributed by atoms with Crippen molar-refractivity contribution in [2.24, 2.45) is 0 Å². The van der Waals surface area contributed by atoms with E-state index in [1.807, 2.05) is 30.5 Å². The third-order valence-electron chi connectivity index (χ3n) is 3.61. The van der Waals surface area contributed by atoms with Crippen molar-refractivity contribution >= 4 is 51.2 Å². The molecule has 0 spiro atoms. The molecule has 26 heavy (non-hydrogen) atoms. The van der Waals surface area contributed by atoms with Gasteiger partial charge in [-0.2, -0.15) is 11.8 Å². The van der Waals surface area contributed by atoms with Crippen molar-refractivity contribution in [2.45, 2.75) is 19.1 Å². The fourth-order valence-corrected chi connectivity index (χ4v) is 3.16. The van der Waals surface area contributed by atoms with E-state index in [0.717, 1.165) is 15.8 Å². The van der Waals surface area contributed by atoms with Crippen molar-refractivity contribution in [1.29, 1.82) is 0 Å². The fourth-order valence-electron chi connectivity index (χ4n) is 2.20. The Kier molecular flexibility index (Phi) is 8.48. The molecule has 0 radical (unpaired) electrons. The van der Waals surface area contributed by atoms with Gasteiger partial charge in [-0.15, -0.1) is 0 Å². The van der Waals surface area contributed by atoms with Crippen molar-refractivity contribution in [3.05, 3.63) is 69.2 Å². The van der Waals surface area contributed by atoms with Crippen LogP contribution in [-0.2, 0) is 16.1 Å². The highest BCUT2D eigenvalue weighted by molar-refractivity contribution is 9.10. The van der Waals surface area contributed by atoms with Gasteiger partial charge in [0.1, 0.15) is 12.6 Å². The number of nitrogens with one attached hydrogen (secondary N) is 1. The van der Waals surface area contributed by atoms with Crippen molar-refractivity contribution in [1.82, 2.24) is 5.32 Å². The minimum atomic E-state index is -0.721. The molecule has 7 heteroatoms. The first-order valence-corrected chi connectivity index (χ1v) is 10.5. The van der Waals surface area contributed by atoms with E-state index in [1.165, 1.54) is 0 Å². The Morgan fingerprint density at radius 1 is 1.19 bits per heavy atom. The van der Waals surface area contributed by atoms with Crippen LogP contribution in [0.3, 0.4) is 0 Å². The van der Waals surface area contributed by atoms with E-state index in [4.69, 9.17) is 16.3 Å². The summed E-state index contributed by atoms with van der Waals surface area (Å²) in [6, 6.07) is 13.5. The molecule has 0 saturated carbocycles. The first kappa shape index (κ1) is 20.8. The maximum atomic E-state index is 12.5. The van der Waals surface area contributed by atoms with Crippen LogP contribution in [-0.4, -0.2) is 29.9 Å². The Balaban J connectivity index is 2.00. The average molecular weight is 457 g/mol. The monoisotopic (exact) mass is 455 g/mol. The number of rotatable bonds is 8. The lowest BCUT2D eigenvalue weighted by Crippen LogP contribution is -2.42. The highest BCUT2D eigenvalue weighted by Gasteiger charge is 2.23. The molecule has 0 aliphatic heterocycles. The zero-order valence-electron chi connectivity index (χ0n) is 14.2. The third-order valence-corrected chi connectivity index (χ3v) is 5.12. The first-order chi connectivity index (χ1) is 12.5. The van der Waals surface area contributed by atoms with Crippen LogP contribution in [0.1, 0.15) is 22.3 Å². The molecular weight excluding hydrogens is 438 g/mol. The Hall–Kier alpha value is -1.50. The molecule has 1 amide bonds. The average Bonchev–Trinajstić information content (AvgIpc) is 2.64. The van der Waals surface area contributed by atoms with Crippen LogP contribution in [0.25, 0.3) is 0 Å². The van der Waals surface area contributed by atoms with Gasteiger partial charge in [-0.25, -0.2) is 4.79 Å². The molecule has 2 aromatic carbocycles. The zero-order chi connectivity index (χ0) is 18.9. The minimum absolute atomic E-state index is 0.157. The van der Waals surface area contributed by atoms with Crippen LogP contribution < -0.4 is 5.32 Å². The Morgan fingerprint density at radius 2 is 1.88 bits per heavy atom. The van der Waals surface area contributed by atoms with Gasteiger partial charge in [-0.05, 0) is 48.3 Å². The lowest BCUT2D eigenvalue weighted by Gasteiger charge is -2.18. The summed E-state index contributed by atoms with van der Waals surface area (Å²) in [5.41, 5.74) is 1.21. The van der Waals surface area contributed by atoms with Gasteiger partial charge in [-0.1, -0.05) is 51.8 Å². The van der Waals surface area contributed by atoms with Crippen LogP contribution in [0.5, 0.6) is 0 Å². The highest BCUT2D eigenvalue weighted by atomic mass is 79.9. The van der Waals surface area contributed by atoms with Gasteiger partial charge in [0.25, 0.3) is 5.91 Å². The SMILES string of the molecule is CSCCC(NC(=O)c1ccccc1Cl)C(=O)OCc1ccc(Br)cc1. The van der Waals surface area contributed by atoms with E-state index in [9.17, 15) is 9.59 Å². The minimum Gasteiger partial charge on any atom is -0.459 e. The molecule has 1 N–H and O–H groups in total. The van der Waals surface area contributed by atoms with Crippen molar-refractivity contribution in [3.8, 4) is 0 Å². The molecular formula is C19H19BrClNO3S. The lowest BCUT2D eigenvalue weighted by atomic mass is 10.1. The quantitative estimate of drug-likeness (QED) is 0.585. The maximum Gasteiger partial charge on any atom is 0.329 e. The molecule has 1 unspecified atom stereocenters. The summed E-state index contributed by atoms with van der Waals surface area (Å²) in [4.78, 5) is 24.9. The van der Waals surface area contributed by atoms with Gasteiger partial charge in [-0.3, -0.25) is 4.79 Å². The molecule has 0 heterocycles. The van der Waals surface area contributed by atoms with E-state index in [0.29, 0.717) is 17.0 Å². The van der Waals surface area contributed by atoms with Gasteiger partial charge in [0, 0.05) is 4.47 Å². The van der Waals surface area contributed by atoms with Crippen LogP contribution in [0.4, 0.5) is 0 Å². The van der Waals surface area contributed by atoms with Gasteiger partial charge >= 0.3 is 5.97 Å². The topological polar surface area (TPSA) is 55.4 Å². The van der Waals surface area contributed by atoms with Crippen LogP contribution in [0.15, 0.2) is 53.0 Å². The van der Waals surface area contributed by atoms with E-state index < -0.39 is 12.0 Å². The Bertz CT molecular complexity index is 755.